The van der Waals surface area contributed by atoms with Crippen molar-refractivity contribution in [1.82, 2.24) is 15.0 Å². The van der Waals surface area contributed by atoms with Crippen molar-refractivity contribution in [2.45, 2.75) is 58.5 Å². The van der Waals surface area contributed by atoms with Crippen molar-refractivity contribution >= 4 is 5.97 Å². The van der Waals surface area contributed by atoms with Gasteiger partial charge in [-0.15, -0.1) is 5.10 Å². The Balaban J connectivity index is 2.21. The quantitative estimate of drug-likeness (QED) is 0.835. The smallest absolute Gasteiger partial charge is 0.360 e. The Labute approximate surface area is 119 Å². The van der Waals surface area contributed by atoms with Gasteiger partial charge >= 0.3 is 5.97 Å². The van der Waals surface area contributed by atoms with E-state index in [2.05, 4.69) is 17.2 Å². The predicted molar refractivity (Wildman–Crippen MR) is 75.2 cm³/mol. The summed E-state index contributed by atoms with van der Waals surface area (Å²) in [6, 6.07) is 0.308. The van der Waals surface area contributed by atoms with Crippen LogP contribution in [0.1, 0.15) is 68.2 Å². The highest BCUT2D eigenvalue weighted by molar-refractivity contribution is 5.88. The van der Waals surface area contributed by atoms with E-state index in [1.165, 1.54) is 19.3 Å². The number of ether oxygens (including phenoxy) is 1. The van der Waals surface area contributed by atoms with Gasteiger partial charge in [-0.1, -0.05) is 31.4 Å². The second-order valence-electron chi connectivity index (χ2n) is 5.35. The van der Waals surface area contributed by atoms with Crippen molar-refractivity contribution in [3.05, 3.63) is 11.4 Å². The molecule has 1 aliphatic rings. The first-order valence-electron chi connectivity index (χ1n) is 7.52. The van der Waals surface area contributed by atoms with E-state index in [1.54, 1.807) is 6.92 Å². The van der Waals surface area contributed by atoms with Crippen LogP contribution in [0.15, 0.2) is 0 Å². The van der Waals surface area contributed by atoms with Crippen molar-refractivity contribution in [1.29, 1.82) is 0 Å². The van der Waals surface area contributed by atoms with Gasteiger partial charge in [-0.3, -0.25) is 0 Å². The maximum atomic E-state index is 11.8. The molecule has 0 spiro atoms. The summed E-state index contributed by atoms with van der Waals surface area (Å²) in [5.74, 6) is 0.302. The Hall–Kier alpha value is -1.43. The van der Waals surface area contributed by atoms with Gasteiger partial charge in [0.25, 0.3) is 0 Å². The van der Waals surface area contributed by atoms with E-state index in [-0.39, 0.29) is 12.2 Å². The molecule has 2 atom stereocenters. The molecule has 0 aliphatic heterocycles. The Bertz CT molecular complexity index is 458. The van der Waals surface area contributed by atoms with Gasteiger partial charge in [0.1, 0.15) is 0 Å². The lowest BCUT2D eigenvalue weighted by Crippen LogP contribution is -2.23. The van der Waals surface area contributed by atoms with Crippen LogP contribution in [0.5, 0.6) is 0 Å². The van der Waals surface area contributed by atoms with Gasteiger partial charge in [0, 0.05) is 6.54 Å². The van der Waals surface area contributed by atoms with Gasteiger partial charge < -0.3 is 10.5 Å². The number of hydrogen-bond acceptors (Lipinski definition) is 5. The molecule has 1 aromatic rings. The highest BCUT2D eigenvalue weighted by Gasteiger charge is 2.28. The van der Waals surface area contributed by atoms with Crippen molar-refractivity contribution < 1.29 is 9.53 Å². The van der Waals surface area contributed by atoms with Crippen LogP contribution in [0.4, 0.5) is 0 Å². The monoisotopic (exact) mass is 280 g/mol. The summed E-state index contributed by atoms with van der Waals surface area (Å²) >= 11 is 0. The second-order valence-corrected chi connectivity index (χ2v) is 5.35. The van der Waals surface area contributed by atoms with E-state index in [9.17, 15) is 4.79 Å². The van der Waals surface area contributed by atoms with Gasteiger partial charge in [0.2, 0.25) is 0 Å². The fourth-order valence-electron chi connectivity index (χ4n) is 3.01. The standard InChI is InChI=1S/C14H24N4O2/c1-3-10-6-5-7-11(8-10)18-12(9-15)13(16-17-18)14(19)20-4-2/h10-11H,3-9,15H2,1-2H3. The highest BCUT2D eigenvalue weighted by Crippen LogP contribution is 2.34. The number of hydrogen-bond donors (Lipinski definition) is 1. The number of esters is 1. The van der Waals surface area contributed by atoms with E-state index in [4.69, 9.17) is 10.5 Å². The van der Waals surface area contributed by atoms with E-state index in [0.29, 0.717) is 18.3 Å². The predicted octanol–water partition coefficient (Wildman–Crippen LogP) is 2.05. The normalized spacial score (nSPS) is 22.8. The maximum Gasteiger partial charge on any atom is 0.360 e. The first-order chi connectivity index (χ1) is 9.71. The van der Waals surface area contributed by atoms with Gasteiger partial charge in [-0.05, 0) is 25.7 Å². The summed E-state index contributed by atoms with van der Waals surface area (Å²) in [6.07, 6.45) is 5.84. The lowest BCUT2D eigenvalue weighted by molar-refractivity contribution is 0.0518. The number of nitrogens with zero attached hydrogens (tertiary/aromatic N) is 3. The molecule has 2 N–H and O–H groups in total. The molecule has 6 heteroatoms. The molecule has 0 amide bonds. The molecular formula is C14H24N4O2. The Kier molecular flexibility index (Phi) is 5.11. The van der Waals surface area contributed by atoms with Crippen molar-refractivity contribution in [3.8, 4) is 0 Å². The van der Waals surface area contributed by atoms with Gasteiger partial charge in [0.05, 0.1) is 18.3 Å². The van der Waals surface area contributed by atoms with Crippen LogP contribution in [0.25, 0.3) is 0 Å². The third kappa shape index (κ3) is 3.00. The highest BCUT2D eigenvalue weighted by atomic mass is 16.5. The van der Waals surface area contributed by atoms with Crippen LogP contribution < -0.4 is 5.73 Å². The SMILES string of the molecule is CCOC(=O)c1nnn(C2CCCC(CC)C2)c1CN. The van der Waals surface area contributed by atoms with Gasteiger partial charge in [0.15, 0.2) is 5.69 Å². The first-order valence-corrected chi connectivity index (χ1v) is 7.52. The minimum atomic E-state index is -0.429. The summed E-state index contributed by atoms with van der Waals surface area (Å²) in [7, 11) is 0. The molecule has 1 aliphatic carbocycles. The first kappa shape index (κ1) is 15.0. The lowest BCUT2D eigenvalue weighted by Gasteiger charge is -2.29. The number of aromatic nitrogens is 3. The van der Waals surface area contributed by atoms with Crippen LogP contribution in [0, 0.1) is 5.92 Å². The van der Waals surface area contributed by atoms with Gasteiger partial charge in [-0.2, -0.15) is 0 Å². The molecule has 0 radical (unpaired) electrons. The molecule has 0 aromatic carbocycles. The van der Waals surface area contributed by atoms with Crippen LogP contribution in [-0.2, 0) is 11.3 Å². The Morgan fingerprint density at radius 3 is 2.90 bits per heavy atom. The van der Waals surface area contributed by atoms with Crippen molar-refractivity contribution in [3.63, 3.8) is 0 Å². The zero-order chi connectivity index (χ0) is 14.5. The summed E-state index contributed by atoms with van der Waals surface area (Å²) < 4.78 is 6.86. The molecule has 1 aromatic heterocycles. The van der Waals surface area contributed by atoms with Crippen LogP contribution in [0.3, 0.4) is 0 Å². The minimum absolute atomic E-state index is 0.258. The molecule has 0 bridgehead atoms. The molecule has 1 saturated carbocycles. The molecule has 112 valence electrons. The topological polar surface area (TPSA) is 83.0 Å². The molecule has 0 saturated heterocycles. The third-order valence-corrected chi connectivity index (χ3v) is 4.13. The molecule has 2 rings (SSSR count). The van der Waals surface area contributed by atoms with Gasteiger partial charge in [-0.25, -0.2) is 9.48 Å². The van der Waals surface area contributed by atoms with Crippen LogP contribution in [0.2, 0.25) is 0 Å². The maximum absolute atomic E-state index is 11.8. The van der Waals surface area contributed by atoms with E-state index in [1.807, 2.05) is 4.68 Å². The lowest BCUT2D eigenvalue weighted by atomic mass is 9.84. The molecule has 1 fully saturated rings. The molecule has 6 nitrogen and oxygen atoms in total. The van der Waals surface area contributed by atoms with E-state index >= 15 is 0 Å². The van der Waals surface area contributed by atoms with Crippen molar-refractivity contribution in [2.24, 2.45) is 11.7 Å². The van der Waals surface area contributed by atoms with E-state index in [0.717, 1.165) is 18.8 Å². The third-order valence-electron chi connectivity index (χ3n) is 4.13. The summed E-state index contributed by atoms with van der Waals surface area (Å²) in [6.45, 7) is 4.59. The number of rotatable bonds is 5. The molecule has 1 heterocycles. The summed E-state index contributed by atoms with van der Waals surface area (Å²) in [4.78, 5) is 11.8. The molecule has 20 heavy (non-hydrogen) atoms. The van der Waals surface area contributed by atoms with Crippen LogP contribution in [-0.4, -0.2) is 27.6 Å². The van der Waals surface area contributed by atoms with Crippen LogP contribution >= 0.6 is 0 Å². The number of nitrogens with two attached hydrogens (primary N) is 1. The number of carbonyl (C=O) groups excluding carboxylic acids is 1. The average Bonchev–Trinajstić information content (AvgIpc) is 2.91. The Morgan fingerprint density at radius 1 is 1.45 bits per heavy atom. The zero-order valence-electron chi connectivity index (χ0n) is 12.3. The Morgan fingerprint density at radius 2 is 2.25 bits per heavy atom. The fourth-order valence-corrected chi connectivity index (χ4v) is 3.01. The molecule has 2 unspecified atom stereocenters. The minimum Gasteiger partial charge on any atom is -0.461 e. The zero-order valence-corrected chi connectivity index (χ0v) is 12.3. The molecular weight excluding hydrogens is 256 g/mol. The summed E-state index contributed by atoms with van der Waals surface area (Å²) in [5, 5.41) is 8.16. The second kappa shape index (κ2) is 6.83. The largest absolute Gasteiger partial charge is 0.461 e. The average molecular weight is 280 g/mol. The summed E-state index contributed by atoms with van der Waals surface area (Å²) in [5.41, 5.74) is 6.77. The fraction of sp³-hybridized carbons (Fsp3) is 0.786. The number of carbonyl (C=O) groups is 1. The van der Waals surface area contributed by atoms with E-state index < -0.39 is 5.97 Å². The van der Waals surface area contributed by atoms with Crippen molar-refractivity contribution in [2.75, 3.05) is 6.61 Å².